The lowest BCUT2D eigenvalue weighted by Crippen LogP contribution is -2.26. The zero-order valence-corrected chi connectivity index (χ0v) is 11.1. The summed E-state index contributed by atoms with van der Waals surface area (Å²) in [6.45, 7) is 7.09. The van der Waals surface area contributed by atoms with Gasteiger partial charge in [-0.25, -0.2) is 4.79 Å². The minimum Gasteiger partial charge on any atom is -0.478 e. The van der Waals surface area contributed by atoms with Crippen LogP contribution in [0.1, 0.15) is 49.5 Å². The molecule has 18 heavy (non-hydrogen) atoms. The Bertz CT molecular complexity index is 457. The molecule has 0 saturated heterocycles. The van der Waals surface area contributed by atoms with Gasteiger partial charge in [-0.05, 0) is 45.4 Å². The molecule has 0 radical (unpaired) electrons. The molecule has 1 N–H and O–H groups in total. The summed E-state index contributed by atoms with van der Waals surface area (Å²) < 4.78 is 5.27. The first-order valence-electron chi connectivity index (χ1n) is 5.77. The number of hydrogen-bond acceptors (Lipinski definition) is 3. The van der Waals surface area contributed by atoms with Crippen molar-refractivity contribution in [2.75, 3.05) is 0 Å². The van der Waals surface area contributed by atoms with Crippen LogP contribution < -0.4 is 0 Å². The summed E-state index contributed by atoms with van der Waals surface area (Å²) in [4.78, 5) is 22.7. The Morgan fingerprint density at radius 1 is 1.28 bits per heavy atom. The van der Waals surface area contributed by atoms with Gasteiger partial charge >= 0.3 is 11.9 Å². The van der Waals surface area contributed by atoms with Crippen molar-refractivity contribution in [2.24, 2.45) is 0 Å². The lowest BCUT2D eigenvalue weighted by atomic mass is 9.99. The quantitative estimate of drug-likeness (QED) is 0.838. The summed E-state index contributed by atoms with van der Waals surface area (Å²) in [6.07, 6.45) is 0. The second-order valence-electron chi connectivity index (χ2n) is 5.19. The Kier molecular flexibility index (Phi) is 4.11. The molecule has 0 aliphatic heterocycles. The molecule has 98 valence electrons. The third kappa shape index (κ3) is 3.87. The number of hydrogen-bond donors (Lipinski definition) is 1. The molecule has 0 fully saturated rings. The second-order valence-corrected chi connectivity index (χ2v) is 5.19. The lowest BCUT2D eigenvalue weighted by Gasteiger charge is -2.22. The van der Waals surface area contributed by atoms with E-state index in [0.29, 0.717) is 5.56 Å². The van der Waals surface area contributed by atoms with E-state index in [1.54, 1.807) is 39.8 Å². The van der Waals surface area contributed by atoms with Gasteiger partial charge in [-0.2, -0.15) is 0 Å². The number of esters is 1. The van der Waals surface area contributed by atoms with E-state index in [0.717, 1.165) is 0 Å². The van der Waals surface area contributed by atoms with Crippen LogP contribution in [0.5, 0.6) is 0 Å². The van der Waals surface area contributed by atoms with E-state index in [2.05, 4.69) is 0 Å². The molecule has 0 spiro atoms. The maximum Gasteiger partial charge on any atom is 0.335 e. The van der Waals surface area contributed by atoms with Crippen LogP contribution in [-0.4, -0.2) is 22.6 Å². The highest BCUT2D eigenvalue weighted by atomic mass is 16.6. The van der Waals surface area contributed by atoms with Gasteiger partial charge in [-0.3, -0.25) is 4.79 Å². The van der Waals surface area contributed by atoms with E-state index in [1.807, 2.05) is 0 Å². The number of aromatic carboxylic acids is 1. The molecule has 1 aromatic rings. The molecule has 1 rings (SSSR count). The van der Waals surface area contributed by atoms with Crippen LogP contribution in [0.3, 0.4) is 0 Å². The van der Waals surface area contributed by atoms with Crippen LogP contribution in [0, 0.1) is 0 Å². The van der Waals surface area contributed by atoms with Gasteiger partial charge in [0.15, 0.2) is 0 Å². The fourth-order valence-corrected chi connectivity index (χ4v) is 1.47. The van der Waals surface area contributed by atoms with E-state index in [-0.39, 0.29) is 11.5 Å². The summed E-state index contributed by atoms with van der Waals surface area (Å²) >= 11 is 0. The molecule has 0 aliphatic carbocycles. The molecular weight excluding hydrogens is 232 g/mol. The monoisotopic (exact) mass is 250 g/mol. The molecule has 4 nitrogen and oxygen atoms in total. The molecule has 0 bridgehead atoms. The van der Waals surface area contributed by atoms with Crippen LogP contribution in [0.15, 0.2) is 24.3 Å². The summed E-state index contributed by atoms with van der Waals surface area (Å²) in [7, 11) is 0. The van der Waals surface area contributed by atoms with Crippen molar-refractivity contribution in [1.82, 2.24) is 0 Å². The first-order valence-corrected chi connectivity index (χ1v) is 5.77. The number of ether oxygens (including phenoxy) is 1. The van der Waals surface area contributed by atoms with Gasteiger partial charge in [0, 0.05) is 0 Å². The van der Waals surface area contributed by atoms with E-state index >= 15 is 0 Å². The normalized spacial score (nSPS) is 12.9. The van der Waals surface area contributed by atoms with Crippen molar-refractivity contribution in [3.63, 3.8) is 0 Å². The van der Waals surface area contributed by atoms with Gasteiger partial charge in [-0.1, -0.05) is 12.1 Å². The number of carboxylic acids is 1. The molecule has 0 amide bonds. The van der Waals surface area contributed by atoms with Crippen LogP contribution in [-0.2, 0) is 9.53 Å². The molecule has 1 aromatic carbocycles. The maximum atomic E-state index is 11.9. The minimum atomic E-state index is -1.01. The third-order valence-corrected chi connectivity index (χ3v) is 2.39. The predicted octanol–water partition coefficient (Wildman–Crippen LogP) is 2.83. The Hall–Kier alpha value is -1.84. The van der Waals surface area contributed by atoms with Gasteiger partial charge in [-0.15, -0.1) is 0 Å². The van der Waals surface area contributed by atoms with Crippen LogP contribution >= 0.6 is 0 Å². The molecule has 1 unspecified atom stereocenters. The van der Waals surface area contributed by atoms with Crippen molar-refractivity contribution in [1.29, 1.82) is 0 Å². The Morgan fingerprint density at radius 3 is 2.39 bits per heavy atom. The van der Waals surface area contributed by atoms with Crippen molar-refractivity contribution in [3.8, 4) is 0 Å². The van der Waals surface area contributed by atoms with E-state index < -0.39 is 17.5 Å². The molecule has 0 heterocycles. The largest absolute Gasteiger partial charge is 0.478 e. The Balaban J connectivity index is 2.90. The van der Waals surface area contributed by atoms with Crippen molar-refractivity contribution in [2.45, 2.75) is 39.2 Å². The van der Waals surface area contributed by atoms with Crippen LogP contribution in [0.25, 0.3) is 0 Å². The first kappa shape index (κ1) is 14.2. The highest BCUT2D eigenvalue weighted by Gasteiger charge is 2.23. The maximum absolute atomic E-state index is 11.9. The topological polar surface area (TPSA) is 63.6 Å². The Morgan fingerprint density at radius 2 is 1.89 bits per heavy atom. The second kappa shape index (κ2) is 5.21. The van der Waals surface area contributed by atoms with E-state index in [1.165, 1.54) is 12.1 Å². The Labute approximate surface area is 107 Å². The summed E-state index contributed by atoms with van der Waals surface area (Å²) in [5.41, 5.74) is 0.266. The average molecular weight is 250 g/mol. The van der Waals surface area contributed by atoms with Crippen molar-refractivity contribution in [3.05, 3.63) is 35.4 Å². The van der Waals surface area contributed by atoms with Crippen molar-refractivity contribution >= 4 is 11.9 Å². The molecule has 0 saturated carbocycles. The molecule has 0 aromatic heterocycles. The highest BCUT2D eigenvalue weighted by Crippen LogP contribution is 2.21. The zero-order chi connectivity index (χ0) is 13.9. The summed E-state index contributed by atoms with van der Waals surface area (Å²) in [6, 6.07) is 6.34. The number of rotatable bonds is 3. The lowest BCUT2D eigenvalue weighted by molar-refractivity contribution is -0.156. The molecule has 4 heteroatoms. The van der Waals surface area contributed by atoms with Gasteiger partial charge in [0.05, 0.1) is 11.5 Å². The summed E-state index contributed by atoms with van der Waals surface area (Å²) in [5.74, 6) is -1.85. The van der Waals surface area contributed by atoms with Gasteiger partial charge in [0.25, 0.3) is 0 Å². The minimum absolute atomic E-state index is 0.169. The third-order valence-electron chi connectivity index (χ3n) is 2.39. The summed E-state index contributed by atoms with van der Waals surface area (Å²) in [5, 5.41) is 8.90. The number of carboxylic acid groups (broad SMARTS) is 1. The fraction of sp³-hybridized carbons (Fsp3) is 0.429. The fourth-order valence-electron chi connectivity index (χ4n) is 1.47. The molecule has 0 aliphatic rings. The first-order chi connectivity index (χ1) is 8.20. The average Bonchev–Trinajstić information content (AvgIpc) is 2.26. The highest BCUT2D eigenvalue weighted by molar-refractivity contribution is 5.88. The van der Waals surface area contributed by atoms with Crippen LogP contribution in [0.2, 0.25) is 0 Å². The predicted molar refractivity (Wildman–Crippen MR) is 67.7 cm³/mol. The smallest absolute Gasteiger partial charge is 0.335 e. The molecule has 1 atom stereocenters. The van der Waals surface area contributed by atoms with Gasteiger partial charge in [0.2, 0.25) is 0 Å². The van der Waals surface area contributed by atoms with E-state index in [4.69, 9.17) is 9.84 Å². The van der Waals surface area contributed by atoms with Gasteiger partial charge in [0.1, 0.15) is 5.60 Å². The number of carbonyl (C=O) groups is 2. The van der Waals surface area contributed by atoms with Gasteiger partial charge < -0.3 is 9.84 Å². The number of benzene rings is 1. The SMILES string of the molecule is CC(C(=O)OC(C)(C)C)c1cccc(C(=O)O)c1. The number of carbonyl (C=O) groups excluding carboxylic acids is 1. The van der Waals surface area contributed by atoms with Crippen LogP contribution in [0.4, 0.5) is 0 Å². The molecular formula is C14H18O4. The van der Waals surface area contributed by atoms with Crippen molar-refractivity contribution < 1.29 is 19.4 Å². The zero-order valence-electron chi connectivity index (χ0n) is 11.1. The van der Waals surface area contributed by atoms with E-state index in [9.17, 15) is 9.59 Å². The standard InChI is InChI=1S/C14H18O4/c1-9(13(17)18-14(2,3)4)10-6-5-7-11(8-10)12(15)16/h5-9H,1-4H3,(H,15,16).